The van der Waals surface area contributed by atoms with Gasteiger partial charge >= 0.3 is 5.97 Å². The third-order valence-electron chi connectivity index (χ3n) is 3.76. The maximum absolute atomic E-state index is 12.0. The van der Waals surface area contributed by atoms with Gasteiger partial charge in [0.1, 0.15) is 12.4 Å². The molecular weight excluding hydrogens is 328 g/mol. The van der Waals surface area contributed by atoms with Crippen LogP contribution in [-0.4, -0.2) is 30.9 Å². The van der Waals surface area contributed by atoms with E-state index in [0.29, 0.717) is 0 Å². The third-order valence-corrected chi connectivity index (χ3v) is 3.76. The summed E-state index contributed by atoms with van der Waals surface area (Å²) in [6.07, 6.45) is 1.56. The van der Waals surface area contributed by atoms with Gasteiger partial charge in [-0.3, -0.25) is 4.79 Å². The molecule has 1 aromatic rings. The van der Waals surface area contributed by atoms with Crippen LogP contribution in [0, 0.1) is 17.3 Å². The largest absolute Gasteiger partial charge is 0.493 e. The summed E-state index contributed by atoms with van der Waals surface area (Å²) in [5.41, 5.74) is 1.18. The Balaban J connectivity index is 2.11. The van der Waals surface area contributed by atoms with E-state index < -0.39 is 11.5 Å². The molecule has 4 nitrogen and oxygen atoms in total. The van der Waals surface area contributed by atoms with Crippen molar-refractivity contribution in [3.05, 3.63) is 29.3 Å². The zero-order valence-electron chi connectivity index (χ0n) is 16.8. The van der Waals surface area contributed by atoms with E-state index in [4.69, 9.17) is 14.2 Å². The zero-order valence-corrected chi connectivity index (χ0v) is 16.8. The van der Waals surface area contributed by atoms with Gasteiger partial charge in [-0.25, -0.2) is 0 Å². The molecule has 0 saturated carbocycles. The molecule has 0 radical (unpaired) electrons. The second-order valence-electron chi connectivity index (χ2n) is 8.61. The molecule has 1 aliphatic rings. The fourth-order valence-corrected chi connectivity index (χ4v) is 2.50. The van der Waals surface area contributed by atoms with Crippen LogP contribution in [0.5, 0.6) is 5.75 Å². The Kier molecular flexibility index (Phi) is 6.36. The number of rotatable bonds is 3. The summed E-state index contributed by atoms with van der Waals surface area (Å²) in [6.45, 7) is 12.3. The van der Waals surface area contributed by atoms with Crippen molar-refractivity contribution >= 4 is 5.97 Å². The van der Waals surface area contributed by atoms with Crippen LogP contribution >= 0.6 is 0 Å². The van der Waals surface area contributed by atoms with Crippen LogP contribution in [0.15, 0.2) is 18.2 Å². The SMILES string of the molecule is CC(C)(C)O[C@H](C#Cc1ccc2c(c1)CCCO2)COC(=O)C(C)(C)C. The van der Waals surface area contributed by atoms with E-state index in [-0.39, 0.29) is 18.2 Å². The number of fused-ring (bicyclic) bond motifs is 1. The lowest BCUT2D eigenvalue weighted by molar-refractivity contribution is -0.158. The lowest BCUT2D eigenvalue weighted by Crippen LogP contribution is -2.32. The monoisotopic (exact) mass is 358 g/mol. The Hall–Kier alpha value is -1.99. The maximum atomic E-state index is 12.0. The molecule has 1 aliphatic heterocycles. The molecule has 0 spiro atoms. The number of hydrogen-bond donors (Lipinski definition) is 0. The van der Waals surface area contributed by atoms with E-state index in [9.17, 15) is 4.79 Å². The number of esters is 1. The second kappa shape index (κ2) is 8.14. The molecule has 0 unspecified atom stereocenters. The average Bonchev–Trinajstić information content (AvgIpc) is 2.54. The van der Waals surface area contributed by atoms with Crippen LogP contribution in [0.25, 0.3) is 0 Å². The topological polar surface area (TPSA) is 44.8 Å². The van der Waals surface area contributed by atoms with E-state index in [1.165, 1.54) is 5.56 Å². The highest BCUT2D eigenvalue weighted by atomic mass is 16.6. The summed E-state index contributed by atoms with van der Waals surface area (Å²) in [5.74, 6) is 6.96. The van der Waals surface area contributed by atoms with Crippen molar-refractivity contribution in [3.63, 3.8) is 0 Å². The van der Waals surface area contributed by atoms with Gasteiger partial charge in [-0.2, -0.15) is 0 Å². The Morgan fingerprint density at radius 1 is 1.23 bits per heavy atom. The number of benzene rings is 1. The van der Waals surface area contributed by atoms with Crippen LogP contribution in [0.4, 0.5) is 0 Å². The van der Waals surface area contributed by atoms with Crippen molar-refractivity contribution < 1.29 is 19.0 Å². The van der Waals surface area contributed by atoms with Gasteiger partial charge in [0.25, 0.3) is 0 Å². The predicted molar refractivity (Wildman–Crippen MR) is 102 cm³/mol. The van der Waals surface area contributed by atoms with E-state index in [2.05, 4.69) is 17.9 Å². The molecule has 0 bridgehead atoms. The van der Waals surface area contributed by atoms with Crippen molar-refractivity contribution in [2.24, 2.45) is 5.41 Å². The molecule has 1 aromatic carbocycles. The summed E-state index contributed by atoms with van der Waals surface area (Å²) in [4.78, 5) is 12.0. The quantitative estimate of drug-likeness (QED) is 0.602. The molecule has 0 N–H and O–H groups in total. The fourth-order valence-electron chi connectivity index (χ4n) is 2.50. The summed E-state index contributed by atoms with van der Waals surface area (Å²) in [6, 6.07) is 5.99. The molecule has 1 atom stereocenters. The molecular formula is C22H30O4. The van der Waals surface area contributed by atoms with Gasteiger partial charge < -0.3 is 14.2 Å². The summed E-state index contributed by atoms with van der Waals surface area (Å²) < 4.78 is 17.0. The fraction of sp³-hybridized carbons (Fsp3) is 0.591. The van der Waals surface area contributed by atoms with Crippen LogP contribution in [-0.2, 0) is 20.7 Å². The normalized spacial score (nSPS) is 15.2. The Morgan fingerprint density at radius 2 is 1.96 bits per heavy atom. The molecule has 26 heavy (non-hydrogen) atoms. The first-order valence-corrected chi connectivity index (χ1v) is 9.17. The molecule has 142 valence electrons. The van der Waals surface area contributed by atoms with Crippen molar-refractivity contribution in [2.75, 3.05) is 13.2 Å². The highest BCUT2D eigenvalue weighted by Gasteiger charge is 2.25. The minimum absolute atomic E-state index is 0.119. The molecule has 0 amide bonds. The maximum Gasteiger partial charge on any atom is 0.311 e. The van der Waals surface area contributed by atoms with Crippen LogP contribution in [0.1, 0.15) is 59.1 Å². The first kappa shape index (κ1) is 20.3. The van der Waals surface area contributed by atoms with Crippen molar-refractivity contribution in [1.29, 1.82) is 0 Å². The van der Waals surface area contributed by atoms with Crippen molar-refractivity contribution in [1.82, 2.24) is 0 Å². The molecule has 1 heterocycles. The minimum Gasteiger partial charge on any atom is -0.493 e. The second-order valence-corrected chi connectivity index (χ2v) is 8.61. The van der Waals surface area contributed by atoms with Gasteiger partial charge in [0, 0.05) is 5.56 Å². The first-order chi connectivity index (χ1) is 12.0. The Morgan fingerprint density at radius 3 is 2.62 bits per heavy atom. The standard InChI is InChI=1S/C22H30O4/c1-21(2,3)20(23)25-15-18(26-22(4,5)6)11-9-16-10-12-19-17(14-16)8-7-13-24-19/h10,12,14,18H,7-8,13,15H2,1-6H3/t18-/m1/s1. The van der Waals surface area contributed by atoms with E-state index in [1.54, 1.807) is 0 Å². The van der Waals surface area contributed by atoms with Gasteiger partial charge in [0.2, 0.25) is 0 Å². The predicted octanol–water partition coefficient (Wildman–Crippen LogP) is 4.14. The number of hydrogen-bond acceptors (Lipinski definition) is 4. The summed E-state index contributed by atoms with van der Waals surface area (Å²) >= 11 is 0. The van der Waals surface area contributed by atoms with E-state index >= 15 is 0 Å². The van der Waals surface area contributed by atoms with Gasteiger partial charge in [0.15, 0.2) is 6.10 Å². The molecule has 4 heteroatoms. The third kappa shape index (κ3) is 6.38. The number of aryl methyl sites for hydroxylation is 1. The minimum atomic E-state index is -0.543. The number of carbonyl (C=O) groups excluding carboxylic acids is 1. The molecule has 2 rings (SSSR count). The number of ether oxygens (including phenoxy) is 3. The zero-order chi connectivity index (χ0) is 19.4. The summed E-state index contributed by atoms with van der Waals surface area (Å²) in [7, 11) is 0. The van der Waals surface area contributed by atoms with Gasteiger partial charge in [-0.15, -0.1) is 0 Å². The smallest absolute Gasteiger partial charge is 0.311 e. The highest BCUT2D eigenvalue weighted by molar-refractivity contribution is 5.75. The van der Waals surface area contributed by atoms with E-state index in [1.807, 2.05) is 53.7 Å². The first-order valence-electron chi connectivity index (χ1n) is 9.17. The Labute approximate surface area is 157 Å². The van der Waals surface area contributed by atoms with Crippen molar-refractivity contribution in [3.8, 4) is 17.6 Å². The molecule has 0 fully saturated rings. The van der Waals surface area contributed by atoms with Crippen LogP contribution in [0.3, 0.4) is 0 Å². The van der Waals surface area contributed by atoms with Crippen LogP contribution in [0.2, 0.25) is 0 Å². The van der Waals surface area contributed by atoms with Crippen LogP contribution < -0.4 is 4.74 Å². The van der Waals surface area contributed by atoms with Gasteiger partial charge in [-0.1, -0.05) is 11.8 Å². The molecule has 0 aliphatic carbocycles. The van der Waals surface area contributed by atoms with Gasteiger partial charge in [-0.05, 0) is 78.1 Å². The lowest BCUT2D eigenvalue weighted by Gasteiger charge is -2.25. The number of carbonyl (C=O) groups is 1. The Bertz CT molecular complexity index is 696. The molecule has 0 aromatic heterocycles. The molecule has 0 saturated heterocycles. The summed E-state index contributed by atoms with van der Waals surface area (Å²) in [5, 5.41) is 0. The lowest BCUT2D eigenvalue weighted by atomic mass is 9.97. The average molecular weight is 358 g/mol. The highest BCUT2D eigenvalue weighted by Crippen LogP contribution is 2.25. The van der Waals surface area contributed by atoms with E-state index in [0.717, 1.165) is 30.8 Å². The van der Waals surface area contributed by atoms with Gasteiger partial charge in [0.05, 0.1) is 17.6 Å². The van der Waals surface area contributed by atoms with Crippen molar-refractivity contribution in [2.45, 2.75) is 66.1 Å².